The molecule has 1 heterocycles. The minimum Gasteiger partial charge on any atom is -0.381 e. The second-order valence-electron chi connectivity index (χ2n) is 3.17. The van der Waals surface area contributed by atoms with Crippen molar-refractivity contribution in [1.29, 1.82) is 0 Å². The third kappa shape index (κ3) is 2.80. The Labute approximate surface area is 106 Å². The van der Waals surface area contributed by atoms with E-state index in [2.05, 4.69) is 17.6 Å². The predicted octanol–water partition coefficient (Wildman–Crippen LogP) is 1.81. The maximum Gasteiger partial charge on any atom is 0.360 e. The van der Waals surface area contributed by atoms with Crippen molar-refractivity contribution < 1.29 is 4.39 Å². The first-order valence-corrected chi connectivity index (χ1v) is 5.80. The van der Waals surface area contributed by atoms with Crippen molar-refractivity contribution in [3.8, 4) is 0 Å². The molecular formula is C10H8FN3OS2. The summed E-state index contributed by atoms with van der Waals surface area (Å²) in [5.74, 6) is -1.11. The van der Waals surface area contributed by atoms with Crippen LogP contribution >= 0.6 is 24.6 Å². The normalized spacial score (nSPS) is 10.5. The van der Waals surface area contributed by atoms with Crippen molar-refractivity contribution in [2.75, 3.05) is 5.73 Å². The molecule has 0 saturated heterocycles. The standard InChI is InChI=1S/C10H8FN3OS2/c11-8-5-14(10(15)13-9(8)12)17-7-3-1-6(16)2-4-7/h1-5,16H,(H2,12,13,15). The Bertz CT molecular complexity index is 597. The monoisotopic (exact) mass is 269 g/mol. The van der Waals surface area contributed by atoms with Gasteiger partial charge >= 0.3 is 5.69 Å². The van der Waals surface area contributed by atoms with E-state index in [9.17, 15) is 9.18 Å². The second kappa shape index (κ2) is 4.80. The minimum atomic E-state index is -0.720. The lowest BCUT2D eigenvalue weighted by atomic mass is 10.4. The minimum absolute atomic E-state index is 0.391. The van der Waals surface area contributed by atoms with Crippen LogP contribution in [0, 0.1) is 5.82 Å². The summed E-state index contributed by atoms with van der Waals surface area (Å²) in [6.07, 6.45) is 1.02. The maximum absolute atomic E-state index is 13.2. The van der Waals surface area contributed by atoms with Crippen LogP contribution < -0.4 is 11.4 Å². The second-order valence-corrected chi connectivity index (χ2v) is 4.73. The van der Waals surface area contributed by atoms with Crippen molar-refractivity contribution in [2.24, 2.45) is 0 Å². The van der Waals surface area contributed by atoms with Crippen LogP contribution in [0.5, 0.6) is 0 Å². The predicted molar refractivity (Wildman–Crippen MR) is 67.8 cm³/mol. The van der Waals surface area contributed by atoms with E-state index < -0.39 is 17.3 Å². The first kappa shape index (κ1) is 12.0. The molecule has 1 aromatic carbocycles. The van der Waals surface area contributed by atoms with Crippen LogP contribution in [0.15, 0.2) is 45.0 Å². The lowest BCUT2D eigenvalue weighted by molar-refractivity contribution is 0.614. The highest BCUT2D eigenvalue weighted by Gasteiger charge is 2.06. The van der Waals surface area contributed by atoms with Gasteiger partial charge in [0.2, 0.25) is 0 Å². The molecule has 0 radical (unpaired) electrons. The van der Waals surface area contributed by atoms with Gasteiger partial charge in [0.25, 0.3) is 0 Å². The number of hydrogen-bond acceptors (Lipinski definition) is 5. The fourth-order valence-electron chi connectivity index (χ4n) is 1.12. The zero-order valence-corrected chi connectivity index (χ0v) is 10.2. The van der Waals surface area contributed by atoms with Gasteiger partial charge in [-0.15, -0.1) is 12.6 Å². The van der Waals surface area contributed by atoms with E-state index in [0.717, 1.165) is 31.9 Å². The molecule has 2 N–H and O–H groups in total. The lowest BCUT2D eigenvalue weighted by Gasteiger charge is -2.04. The Kier molecular flexibility index (Phi) is 3.39. The number of hydrogen-bond donors (Lipinski definition) is 2. The largest absolute Gasteiger partial charge is 0.381 e. The van der Waals surface area contributed by atoms with Gasteiger partial charge in [0.05, 0.1) is 6.20 Å². The topological polar surface area (TPSA) is 60.9 Å². The van der Waals surface area contributed by atoms with E-state index in [1.54, 1.807) is 24.3 Å². The van der Waals surface area contributed by atoms with E-state index >= 15 is 0 Å². The third-order valence-corrected chi connectivity index (χ3v) is 3.16. The zero-order valence-electron chi connectivity index (χ0n) is 8.50. The van der Waals surface area contributed by atoms with Crippen molar-refractivity contribution in [3.05, 3.63) is 46.8 Å². The van der Waals surface area contributed by atoms with E-state index in [0.29, 0.717) is 0 Å². The van der Waals surface area contributed by atoms with Gasteiger partial charge in [0.15, 0.2) is 11.6 Å². The summed E-state index contributed by atoms with van der Waals surface area (Å²) in [6, 6.07) is 7.09. The summed E-state index contributed by atoms with van der Waals surface area (Å²) in [4.78, 5) is 16.4. The number of benzene rings is 1. The van der Waals surface area contributed by atoms with Crippen LogP contribution in [0.3, 0.4) is 0 Å². The summed E-state index contributed by atoms with van der Waals surface area (Å²) in [5, 5.41) is 0. The molecule has 2 rings (SSSR count). The SMILES string of the molecule is Nc1nc(=O)n(Sc2ccc(S)cc2)cc1F. The first-order valence-electron chi connectivity index (χ1n) is 4.58. The molecule has 0 aliphatic carbocycles. The maximum atomic E-state index is 13.2. The Morgan fingerprint density at radius 1 is 1.35 bits per heavy atom. The number of anilines is 1. The Hall–Kier alpha value is -1.47. The highest BCUT2D eigenvalue weighted by Crippen LogP contribution is 2.20. The summed E-state index contributed by atoms with van der Waals surface area (Å²) in [7, 11) is 0. The van der Waals surface area contributed by atoms with Crippen molar-refractivity contribution >= 4 is 30.4 Å². The molecule has 17 heavy (non-hydrogen) atoms. The fraction of sp³-hybridized carbons (Fsp3) is 0. The molecule has 1 aromatic heterocycles. The molecule has 0 aliphatic rings. The molecule has 0 saturated carbocycles. The van der Waals surface area contributed by atoms with Gasteiger partial charge in [-0.1, -0.05) is 0 Å². The summed E-state index contributed by atoms with van der Waals surface area (Å²) in [6.45, 7) is 0. The molecule has 0 fully saturated rings. The fourth-order valence-corrected chi connectivity index (χ4v) is 2.01. The number of halogens is 1. The number of aromatic nitrogens is 2. The average molecular weight is 269 g/mol. The molecule has 88 valence electrons. The van der Waals surface area contributed by atoms with E-state index in [1.807, 2.05) is 0 Å². The lowest BCUT2D eigenvalue weighted by Crippen LogP contribution is -2.20. The first-order chi connectivity index (χ1) is 8.06. The number of nitrogens with two attached hydrogens (primary N) is 1. The van der Waals surface area contributed by atoms with Crippen molar-refractivity contribution in [3.63, 3.8) is 0 Å². The molecular weight excluding hydrogens is 261 g/mol. The van der Waals surface area contributed by atoms with Crippen molar-refractivity contribution in [1.82, 2.24) is 8.96 Å². The van der Waals surface area contributed by atoms with E-state index in [4.69, 9.17) is 5.73 Å². The van der Waals surface area contributed by atoms with Crippen LogP contribution in [0.4, 0.5) is 10.2 Å². The smallest absolute Gasteiger partial charge is 0.360 e. The van der Waals surface area contributed by atoms with E-state index in [-0.39, 0.29) is 0 Å². The molecule has 0 bridgehead atoms. The Morgan fingerprint density at radius 2 is 2.00 bits per heavy atom. The van der Waals surface area contributed by atoms with Gasteiger partial charge in [-0.05, 0) is 36.2 Å². The molecule has 0 atom stereocenters. The summed E-state index contributed by atoms with van der Waals surface area (Å²) >= 11 is 5.20. The molecule has 7 heteroatoms. The number of thiol groups is 1. The van der Waals surface area contributed by atoms with Crippen LogP contribution in [-0.4, -0.2) is 8.96 Å². The molecule has 0 spiro atoms. The quantitative estimate of drug-likeness (QED) is 0.816. The number of nitrogen functional groups attached to an aromatic ring is 1. The molecule has 2 aromatic rings. The molecule has 0 amide bonds. The summed E-state index contributed by atoms with van der Waals surface area (Å²) < 4.78 is 14.2. The molecule has 0 aliphatic heterocycles. The number of rotatable bonds is 2. The average Bonchev–Trinajstić information content (AvgIpc) is 2.29. The number of nitrogens with zero attached hydrogens (tertiary/aromatic N) is 2. The Morgan fingerprint density at radius 3 is 2.65 bits per heavy atom. The van der Waals surface area contributed by atoms with E-state index in [1.165, 1.54) is 0 Å². The van der Waals surface area contributed by atoms with Crippen molar-refractivity contribution in [2.45, 2.75) is 9.79 Å². The van der Waals surface area contributed by atoms with Gasteiger partial charge in [-0.2, -0.15) is 4.98 Å². The Balaban J connectivity index is 2.33. The molecule has 4 nitrogen and oxygen atoms in total. The summed E-state index contributed by atoms with van der Waals surface area (Å²) in [5.41, 5.74) is 4.58. The van der Waals surface area contributed by atoms with Crippen LogP contribution in [0.2, 0.25) is 0 Å². The van der Waals surface area contributed by atoms with Gasteiger partial charge in [-0.25, -0.2) is 13.2 Å². The highest BCUT2D eigenvalue weighted by atomic mass is 32.2. The third-order valence-electron chi connectivity index (χ3n) is 1.92. The van der Waals surface area contributed by atoms with Crippen LogP contribution in [0.25, 0.3) is 0 Å². The van der Waals surface area contributed by atoms with Crippen LogP contribution in [-0.2, 0) is 0 Å². The van der Waals surface area contributed by atoms with Gasteiger partial charge in [0.1, 0.15) is 0 Å². The van der Waals surface area contributed by atoms with Gasteiger partial charge < -0.3 is 5.73 Å². The molecule has 0 unspecified atom stereocenters. The van der Waals surface area contributed by atoms with Gasteiger partial charge in [-0.3, -0.25) is 0 Å². The highest BCUT2D eigenvalue weighted by molar-refractivity contribution is 7.97. The van der Waals surface area contributed by atoms with Crippen LogP contribution in [0.1, 0.15) is 0 Å². The van der Waals surface area contributed by atoms with Gasteiger partial charge in [0, 0.05) is 9.79 Å². The zero-order chi connectivity index (χ0) is 12.4.